The first-order valence-electron chi connectivity index (χ1n) is 14.0. The van der Waals surface area contributed by atoms with Crippen molar-refractivity contribution in [3.63, 3.8) is 0 Å². The first kappa shape index (κ1) is 31.4. The summed E-state index contributed by atoms with van der Waals surface area (Å²) in [5, 5.41) is 2.96. The summed E-state index contributed by atoms with van der Waals surface area (Å²) in [6, 6.07) is 27.7. The van der Waals surface area contributed by atoms with Crippen LogP contribution in [0.3, 0.4) is 0 Å². The Bertz CT molecular complexity index is 1580. The standard InChI is InChI=1S/C33H36N4O5S/c1-3-36-43(40,41)30-19-14-25(15-20-30)16-21-31(38)37(24-26-12-17-29(42-2)18-13-26)32(27-9-5-4-6-10-27)33(39)35-23-28-11-7-8-22-34-28/h4-15,17-20,22,32,36H,3,16,21,23-24H2,1-2H3,(H,35,39)/t32-/m0/s1. The number of sulfonamides is 1. The van der Waals surface area contributed by atoms with Crippen LogP contribution >= 0.6 is 0 Å². The van der Waals surface area contributed by atoms with Gasteiger partial charge in [0.2, 0.25) is 21.8 Å². The zero-order valence-electron chi connectivity index (χ0n) is 24.3. The fraction of sp³-hybridized carbons (Fsp3) is 0.242. The number of hydrogen-bond acceptors (Lipinski definition) is 6. The monoisotopic (exact) mass is 600 g/mol. The molecule has 4 aromatic rings. The second-order valence-corrected chi connectivity index (χ2v) is 11.6. The van der Waals surface area contributed by atoms with Gasteiger partial charge in [0.05, 0.1) is 24.2 Å². The van der Waals surface area contributed by atoms with Crippen molar-refractivity contribution in [1.82, 2.24) is 19.9 Å². The van der Waals surface area contributed by atoms with Crippen molar-refractivity contribution in [2.75, 3.05) is 13.7 Å². The largest absolute Gasteiger partial charge is 0.497 e. The summed E-state index contributed by atoms with van der Waals surface area (Å²) in [6.45, 7) is 2.42. The van der Waals surface area contributed by atoms with Gasteiger partial charge in [-0.05, 0) is 59.5 Å². The highest BCUT2D eigenvalue weighted by molar-refractivity contribution is 7.89. The number of nitrogens with zero attached hydrogens (tertiary/aromatic N) is 2. The number of rotatable bonds is 14. The van der Waals surface area contributed by atoms with E-state index in [1.807, 2.05) is 72.8 Å². The molecule has 2 N–H and O–H groups in total. The number of benzene rings is 3. The van der Waals surface area contributed by atoms with Gasteiger partial charge in [-0.1, -0.05) is 67.6 Å². The summed E-state index contributed by atoms with van der Waals surface area (Å²) in [5.41, 5.74) is 3.03. The molecule has 0 bridgehead atoms. The number of ether oxygens (including phenoxy) is 1. The highest BCUT2D eigenvalue weighted by atomic mass is 32.2. The Morgan fingerprint density at radius 2 is 1.56 bits per heavy atom. The normalized spacial score (nSPS) is 11.9. The first-order valence-corrected chi connectivity index (χ1v) is 15.5. The summed E-state index contributed by atoms with van der Waals surface area (Å²) in [5.74, 6) is 0.146. The maximum absolute atomic E-state index is 14.0. The van der Waals surface area contributed by atoms with Gasteiger partial charge in [0.15, 0.2) is 0 Å². The molecule has 0 aliphatic heterocycles. The molecular formula is C33H36N4O5S. The highest BCUT2D eigenvalue weighted by Crippen LogP contribution is 2.26. The van der Waals surface area contributed by atoms with Gasteiger partial charge in [0.25, 0.3) is 0 Å². The predicted molar refractivity (Wildman–Crippen MR) is 164 cm³/mol. The molecule has 1 heterocycles. The number of aromatic nitrogens is 1. The molecule has 2 amide bonds. The number of pyridine rings is 1. The van der Waals surface area contributed by atoms with Gasteiger partial charge in [0, 0.05) is 25.7 Å². The minimum absolute atomic E-state index is 0.117. The van der Waals surface area contributed by atoms with E-state index in [2.05, 4.69) is 15.0 Å². The van der Waals surface area contributed by atoms with Crippen LogP contribution in [0.1, 0.15) is 41.8 Å². The molecule has 43 heavy (non-hydrogen) atoms. The SMILES string of the molecule is CCNS(=O)(=O)c1ccc(CCC(=O)N(Cc2ccc(OC)cc2)[C@H](C(=O)NCc2ccccn2)c2ccccc2)cc1. The molecule has 0 fully saturated rings. The molecule has 0 aliphatic carbocycles. The van der Waals surface area contributed by atoms with Crippen molar-refractivity contribution in [1.29, 1.82) is 0 Å². The molecule has 0 spiro atoms. The fourth-order valence-corrected chi connectivity index (χ4v) is 5.68. The number of carbonyl (C=O) groups excluding carboxylic acids is 2. The molecule has 1 atom stereocenters. The summed E-state index contributed by atoms with van der Waals surface area (Å²) >= 11 is 0. The topological polar surface area (TPSA) is 118 Å². The van der Waals surface area contributed by atoms with Crippen molar-refractivity contribution < 1.29 is 22.7 Å². The summed E-state index contributed by atoms with van der Waals surface area (Å²) < 4.78 is 32.4. The van der Waals surface area contributed by atoms with Crippen LogP contribution in [0.5, 0.6) is 5.75 Å². The second kappa shape index (κ2) is 15.1. The molecule has 0 saturated carbocycles. The maximum atomic E-state index is 14.0. The third kappa shape index (κ3) is 8.73. The van der Waals surface area contributed by atoms with E-state index >= 15 is 0 Å². The summed E-state index contributed by atoms with van der Waals surface area (Å²) in [4.78, 5) is 33.8. The third-order valence-corrected chi connectivity index (χ3v) is 8.43. The van der Waals surface area contributed by atoms with Gasteiger partial charge in [-0.3, -0.25) is 14.6 Å². The van der Waals surface area contributed by atoms with E-state index in [0.717, 1.165) is 11.1 Å². The molecule has 0 radical (unpaired) electrons. The predicted octanol–water partition coefficient (Wildman–Crippen LogP) is 4.41. The molecule has 10 heteroatoms. The van der Waals surface area contributed by atoms with Gasteiger partial charge < -0.3 is 15.0 Å². The Labute approximate surface area is 253 Å². The summed E-state index contributed by atoms with van der Waals surface area (Å²) in [7, 11) is -1.98. The number of methoxy groups -OCH3 is 1. The fourth-order valence-electron chi connectivity index (χ4n) is 4.64. The minimum Gasteiger partial charge on any atom is -0.497 e. The van der Waals surface area contributed by atoms with Crippen LogP contribution in [0.25, 0.3) is 0 Å². The van der Waals surface area contributed by atoms with E-state index in [9.17, 15) is 18.0 Å². The van der Waals surface area contributed by atoms with E-state index < -0.39 is 16.1 Å². The van der Waals surface area contributed by atoms with Gasteiger partial charge in [-0.15, -0.1) is 0 Å². The van der Waals surface area contributed by atoms with Gasteiger partial charge in [-0.2, -0.15) is 0 Å². The molecule has 0 unspecified atom stereocenters. The number of amides is 2. The van der Waals surface area contributed by atoms with Crippen LogP contribution in [0.15, 0.2) is 108 Å². The lowest BCUT2D eigenvalue weighted by Crippen LogP contribution is -2.43. The van der Waals surface area contributed by atoms with Crippen molar-refractivity contribution in [2.45, 2.75) is 43.8 Å². The maximum Gasteiger partial charge on any atom is 0.247 e. The Balaban J connectivity index is 1.60. The van der Waals surface area contributed by atoms with E-state index in [1.165, 1.54) is 12.1 Å². The van der Waals surface area contributed by atoms with Crippen molar-refractivity contribution >= 4 is 21.8 Å². The Morgan fingerprint density at radius 1 is 0.884 bits per heavy atom. The van der Waals surface area contributed by atoms with E-state index in [1.54, 1.807) is 37.3 Å². The van der Waals surface area contributed by atoms with E-state index in [0.29, 0.717) is 30.0 Å². The molecule has 4 rings (SSSR count). The average Bonchev–Trinajstić information content (AvgIpc) is 3.04. The van der Waals surface area contributed by atoms with Crippen LogP contribution < -0.4 is 14.8 Å². The van der Waals surface area contributed by atoms with E-state index in [4.69, 9.17) is 4.74 Å². The Kier molecular flexibility index (Phi) is 11.0. The van der Waals surface area contributed by atoms with Crippen molar-refractivity contribution in [3.05, 3.63) is 126 Å². The summed E-state index contributed by atoms with van der Waals surface area (Å²) in [6.07, 6.45) is 2.15. The smallest absolute Gasteiger partial charge is 0.247 e. The van der Waals surface area contributed by atoms with Crippen LogP contribution in [0, 0.1) is 0 Å². The molecule has 0 aliphatic rings. The molecule has 224 valence electrons. The number of hydrogen-bond donors (Lipinski definition) is 2. The third-order valence-electron chi connectivity index (χ3n) is 6.87. The molecular weight excluding hydrogens is 564 g/mol. The van der Waals surface area contributed by atoms with Crippen LogP contribution in [0.2, 0.25) is 0 Å². The Hall–Kier alpha value is -4.54. The zero-order valence-corrected chi connectivity index (χ0v) is 25.1. The van der Waals surface area contributed by atoms with Crippen LogP contribution in [0.4, 0.5) is 0 Å². The quantitative estimate of drug-likeness (QED) is 0.222. The lowest BCUT2D eigenvalue weighted by Gasteiger charge is -2.32. The molecule has 9 nitrogen and oxygen atoms in total. The van der Waals surface area contributed by atoms with Gasteiger partial charge in [-0.25, -0.2) is 13.1 Å². The first-order chi connectivity index (χ1) is 20.8. The molecule has 3 aromatic carbocycles. The lowest BCUT2D eigenvalue weighted by atomic mass is 10.0. The average molecular weight is 601 g/mol. The van der Waals surface area contributed by atoms with Gasteiger partial charge in [0.1, 0.15) is 11.8 Å². The van der Waals surface area contributed by atoms with Crippen LogP contribution in [-0.2, 0) is 39.1 Å². The zero-order chi connectivity index (χ0) is 30.7. The number of nitrogens with one attached hydrogen (secondary N) is 2. The lowest BCUT2D eigenvalue weighted by molar-refractivity contribution is -0.141. The molecule has 1 aromatic heterocycles. The van der Waals surface area contributed by atoms with Gasteiger partial charge >= 0.3 is 0 Å². The van der Waals surface area contributed by atoms with Crippen molar-refractivity contribution in [2.24, 2.45) is 0 Å². The van der Waals surface area contributed by atoms with E-state index in [-0.39, 0.29) is 36.2 Å². The second-order valence-electron chi connectivity index (χ2n) is 9.87. The Morgan fingerprint density at radius 3 is 2.19 bits per heavy atom. The number of carbonyl (C=O) groups is 2. The van der Waals surface area contributed by atoms with Crippen LogP contribution in [-0.4, -0.2) is 43.8 Å². The van der Waals surface area contributed by atoms with Crippen molar-refractivity contribution in [3.8, 4) is 5.75 Å². The highest BCUT2D eigenvalue weighted by Gasteiger charge is 2.31. The minimum atomic E-state index is -3.57. The number of aryl methyl sites for hydroxylation is 1. The molecule has 0 saturated heterocycles.